The van der Waals surface area contributed by atoms with Crippen molar-refractivity contribution in [2.24, 2.45) is 0 Å². The maximum absolute atomic E-state index is 11.9. The third-order valence-electron chi connectivity index (χ3n) is 3.35. The van der Waals surface area contributed by atoms with E-state index in [-0.39, 0.29) is 16.9 Å². The summed E-state index contributed by atoms with van der Waals surface area (Å²) in [5.41, 5.74) is 1.60. The molecule has 20 heavy (non-hydrogen) atoms. The van der Waals surface area contributed by atoms with Gasteiger partial charge in [0.1, 0.15) is 5.75 Å². The number of carbonyl (C=O) groups excluding carboxylic acids is 1. The number of benzene rings is 1. The van der Waals surface area contributed by atoms with E-state index in [1.165, 1.54) is 0 Å². The van der Waals surface area contributed by atoms with Gasteiger partial charge in [-0.15, -0.1) is 0 Å². The molecule has 1 aromatic heterocycles. The third kappa shape index (κ3) is 2.20. The lowest BCUT2D eigenvalue weighted by Crippen LogP contribution is -2.16. The van der Waals surface area contributed by atoms with Gasteiger partial charge in [-0.1, -0.05) is 0 Å². The van der Waals surface area contributed by atoms with Crippen molar-refractivity contribution in [3.63, 3.8) is 0 Å². The molecule has 0 saturated carbocycles. The molecule has 1 heterocycles. The van der Waals surface area contributed by atoms with Crippen LogP contribution in [-0.2, 0) is 6.54 Å². The van der Waals surface area contributed by atoms with Crippen LogP contribution in [0.1, 0.15) is 27.0 Å². The molecular weight excluding hydrogens is 258 g/mol. The molecular formula is C15H17NO4. The van der Waals surface area contributed by atoms with Gasteiger partial charge >= 0.3 is 5.63 Å². The minimum atomic E-state index is -0.485. The normalized spacial score (nSPS) is 11.2. The van der Waals surface area contributed by atoms with Gasteiger partial charge in [0.15, 0.2) is 11.9 Å². The number of rotatable bonds is 3. The molecule has 0 aliphatic rings. The van der Waals surface area contributed by atoms with E-state index in [2.05, 4.69) is 0 Å². The average Bonchev–Trinajstić information content (AvgIpc) is 2.38. The zero-order valence-corrected chi connectivity index (χ0v) is 12.0. The summed E-state index contributed by atoms with van der Waals surface area (Å²) in [7, 11) is 3.79. The first kappa shape index (κ1) is 14.3. The molecule has 0 atom stereocenters. The first-order valence-corrected chi connectivity index (χ1v) is 6.25. The highest BCUT2D eigenvalue weighted by molar-refractivity contribution is 5.99. The van der Waals surface area contributed by atoms with Crippen LogP contribution in [0.2, 0.25) is 0 Å². The molecule has 0 bridgehead atoms. The van der Waals surface area contributed by atoms with E-state index >= 15 is 0 Å². The van der Waals surface area contributed by atoms with Crippen molar-refractivity contribution in [1.29, 1.82) is 0 Å². The van der Waals surface area contributed by atoms with Gasteiger partial charge in [0.25, 0.3) is 0 Å². The number of phenols is 1. The Morgan fingerprint density at radius 3 is 2.55 bits per heavy atom. The van der Waals surface area contributed by atoms with Crippen molar-refractivity contribution in [2.45, 2.75) is 20.4 Å². The van der Waals surface area contributed by atoms with E-state index < -0.39 is 5.63 Å². The Kier molecular flexibility index (Phi) is 3.63. The van der Waals surface area contributed by atoms with Crippen LogP contribution in [-0.4, -0.2) is 30.4 Å². The second-order valence-corrected chi connectivity index (χ2v) is 5.18. The smallest absolute Gasteiger partial charge is 0.339 e. The van der Waals surface area contributed by atoms with Crippen LogP contribution in [0.4, 0.5) is 0 Å². The number of nitrogens with zero attached hydrogens (tertiary/aromatic N) is 1. The zero-order chi connectivity index (χ0) is 15.0. The average molecular weight is 275 g/mol. The van der Waals surface area contributed by atoms with E-state index in [1.807, 2.05) is 19.0 Å². The summed E-state index contributed by atoms with van der Waals surface area (Å²) >= 11 is 0. The minimum absolute atomic E-state index is 0.0251. The van der Waals surface area contributed by atoms with E-state index in [4.69, 9.17) is 4.42 Å². The van der Waals surface area contributed by atoms with E-state index in [0.717, 1.165) is 5.56 Å². The number of aryl methyl sites for hydroxylation is 1. The highest BCUT2D eigenvalue weighted by Crippen LogP contribution is 2.31. The quantitative estimate of drug-likeness (QED) is 0.685. The summed E-state index contributed by atoms with van der Waals surface area (Å²) in [5, 5.41) is 10.6. The topological polar surface area (TPSA) is 70.8 Å². The summed E-state index contributed by atoms with van der Waals surface area (Å²) < 4.78 is 5.21. The lowest BCUT2D eigenvalue weighted by molar-refractivity contribution is 0.112. The molecule has 0 saturated heterocycles. The second kappa shape index (κ2) is 5.09. The summed E-state index contributed by atoms with van der Waals surface area (Å²) in [6.07, 6.45) is 0.516. The van der Waals surface area contributed by atoms with Gasteiger partial charge in [0, 0.05) is 17.5 Å². The number of hydrogen-bond acceptors (Lipinski definition) is 5. The molecule has 2 aromatic rings. The van der Waals surface area contributed by atoms with Crippen LogP contribution in [0.3, 0.4) is 0 Å². The first-order chi connectivity index (χ1) is 9.36. The number of aromatic hydroxyl groups is 1. The van der Waals surface area contributed by atoms with Crippen LogP contribution in [0, 0.1) is 13.8 Å². The maximum Gasteiger partial charge on any atom is 0.339 e. The van der Waals surface area contributed by atoms with Gasteiger partial charge in [-0.3, -0.25) is 4.79 Å². The molecule has 2 rings (SSSR count). The van der Waals surface area contributed by atoms with Crippen molar-refractivity contribution in [2.75, 3.05) is 14.1 Å². The van der Waals surface area contributed by atoms with Crippen LogP contribution in [0.5, 0.6) is 5.75 Å². The van der Waals surface area contributed by atoms with E-state index in [9.17, 15) is 14.7 Å². The molecule has 0 unspecified atom stereocenters. The largest absolute Gasteiger partial charge is 0.507 e. The Morgan fingerprint density at radius 2 is 2.00 bits per heavy atom. The van der Waals surface area contributed by atoms with Gasteiger partial charge in [-0.05, 0) is 45.1 Å². The number of phenolic OH excluding ortho intramolecular Hbond substituents is 1. The van der Waals surface area contributed by atoms with Gasteiger partial charge in [-0.25, -0.2) is 4.79 Å². The van der Waals surface area contributed by atoms with Crippen LogP contribution < -0.4 is 5.63 Å². The molecule has 0 amide bonds. The zero-order valence-electron chi connectivity index (χ0n) is 12.0. The SMILES string of the molecule is Cc1cc2c(CN(C)C)c(C)c(=O)oc2c(C=O)c1O. The lowest BCUT2D eigenvalue weighted by atomic mass is 9.99. The van der Waals surface area contributed by atoms with Crippen molar-refractivity contribution in [3.05, 3.63) is 38.7 Å². The Morgan fingerprint density at radius 1 is 1.35 bits per heavy atom. The molecule has 0 spiro atoms. The van der Waals surface area contributed by atoms with Crippen LogP contribution in [0.15, 0.2) is 15.3 Å². The molecule has 1 N–H and O–H groups in total. The molecule has 5 heteroatoms. The fraction of sp³-hybridized carbons (Fsp3) is 0.333. The fourth-order valence-electron chi connectivity index (χ4n) is 2.27. The Labute approximate surface area is 116 Å². The van der Waals surface area contributed by atoms with Crippen LogP contribution in [0.25, 0.3) is 11.0 Å². The molecule has 106 valence electrons. The first-order valence-electron chi connectivity index (χ1n) is 6.25. The standard InChI is InChI=1S/C15H17NO4/c1-8-5-10-11(6-16(3)4)9(2)15(19)20-14(10)12(7-17)13(8)18/h5,7,18H,6H2,1-4H3. The summed E-state index contributed by atoms with van der Waals surface area (Å²) in [6, 6.07) is 1.74. The van der Waals surface area contributed by atoms with Crippen molar-refractivity contribution >= 4 is 17.3 Å². The van der Waals surface area contributed by atoms with Gasteiger partial charge in [-0.2, -0.15) is 0 Å². The number of aldehydes is 1. The summed E-state index contributed by atoms with van der Waals surface area (Å²) in [5.74, 6) is -0.143. The molecule has 0 aliphatic carbocycles. The monoisotopic (exact) mass is 275 g/mol. The Hall–Kier alpha value is -2.14. The summed E-state index contributed by atoms with van der Waals surface area (Å²) in [4.78, 5) is 25.0. The number of hydrogen-bond donors (Lipinski definition) is 1. The minimum Gasteiger partial charge on any atom is -0.507 e. The van der Waals surface area contributed by atoms with Gasteiger partial charge in [0.2, 0.25) is 0 Å². The molecule has 5 nitrogen and oxygen atoms in total. The molecule has 0 radical (unpaired) electrons. The third-order valence-corrected chi connectivity index (χ3v) is 3.35. The Balaban J connectivity index is 2.97. The van der Waals surface area contributed by atoms with Gasteiger partial charge < -0.3 is 14.4 Å². The summed E-state index contributed by atoms with van der Waals surface area (Å²) in [6.45, 7) is 3.96. The molecule has 0 fully saturated rings. The van der Waals surface area contributed by atoms with Crippen LogP contribution >= 0.6 is 0 Å². The Bertz CT molecular complexity index is 744. The molecule has 1 aromatic carbocycles. The highest BCUT2D eigenvalue weighted by Gasteiger charge is 2.18. The van der Waals surface area contributed by atoms with E-state index in [0.29, 0.717) is 29.3 Å². The van der Waals surface area contributed by atoms with Crippen molar-refractivity contribution in [1.82, 2.24) is 4.90 Å². The fourth-order valence-corrected chi connectivity index (χ4v) is 2.27. The second-order valence-electron chi connectivity index (χ2n) is 5.18. The lowest BCUT2D eigenvalue weighted by Gasteiger charge is -2.15. The number of carbonyl (C=O) groups is 1. The highest BCUT2D eigenvalue weighted by atomic mass is 16.4. The van der Waals surface area contributed by atoms with Gasteiger partial charge in [0.05, 0.1) is 5.56 Å². The van der Waals surface area contributed by atoms with Crippen molar-refractivity contribution in [3.8, 4) is 5.75 Å². The van der Waals surface area contributed by atoms with Crippen molar-refractivity contribution < 1.29 is 14.3 Å². The molecule has 0 aliphatic heterocycles. The van der Waals surface area contributed by atoms with E-state index in [1.54, 1.807) is 19.9 Å². The predicted molar refractivity (Wildman–Crippen MR) is 76.4 cm³/mol. The predicted octanol–water partition coefficient (Wildman–Crippen LogP) is 1.99. The number of fused-ring (bicyclic) bond motifs is 1. The maximum atomic E-state index is 11.9.